The molecule has 0 unspecified atom stereocenters. The number of benzene rings is 2. The van der Waals surface area contributed by atoms with Gasteiger partial charge >= 0.3 is 11.9 Å². The van der Waals surface area contributed by atoms with Crippen molar-refractivity contribution in [1.82, 2.24) is 4.57 Å². The molecular weight excluding hydrogens is 354 g/mol. The van der Waals surface area contributed by atoms with E-state index in [-0.39, 0.29) is 11.9 Å². The second-order valence-corrected chi connectivity index (χ2v) is 6.18. The predicted molar refractivity (Wildman–Crippen MR) is 101 cm³/mol. The monoisotopic (exact) mass is 371 g/mol. The third kappa shape index (κ3) is 3.44. The van der Waals surface area contributed by atoms with Gasteiger partial charge in [0.2, 0.25) is 0 Å². The molecule has 134 valence electrons. The molecule has 5 nitrogen and oxygen atoms in total. The van der Waals surface area contributed by atoms with Crippen molar-refractivity contribution in [3.05, 3.63) is 47.5 Å². The minimum atomic E-state index is -0.369. The Kier molecular flexibility index (Phi) is 5.00. The van der Waals surface area contributed by atoms with Gasteiger partial charge in [0.25, 0.3) is 0 Å². The number of halogens is 1. The van der Waals surface area contributed by atoms with Crippen molar-refractivity contribution in [2.75, 3.05) is 0 Å². The molecule has 1 aromatic heterocycles. The molecule has 0 spiro atoms. The maximum atomic E-state index is 11.2. The minimum absolute atomic E-state index is 0.364. The van der Waals surface area contributed by atoms with Crippen LogP contribution in [0.5, 0.6) is 11.5 Å². The number of aryl methyl sites for hydroxylation is 1. The third-order valence-corrected chi connectivity index (χ3v) is 4.32. The number of hydrogen-bond acceptors (Lipinski definition) is 4. The number of nitrogens with zero attached hydrogens (tertiary/aromatic N) is 1. The highest BCUT2D eigenvalue weighted by atomic mass is 35.5. The van der Waals surface area contributed by atoms with Gasteiger partial charge in [-0.05, 0) is 48.9 Å². The van der Waals surface area contributed by atoms with Crippen LogP contribution in [0.1, 0.15) is 20.8 Å². The fourth-order valence-electron chi connectivity index (χ4n) is 2.97. The Morgan fingerprint density at radius 3 is 2.12 bits per heavy atom. The first-order valence-electron chi connectivity index (χ1n) is 8.19. The first-order valence-corrected chi connectivity index (χ1v) is 8.57. The molecule has 26 heavy (non-hydrogen) atoms. The summed E-state index contributed by atoms with van der Waals surface area (Å²) < 4.78 is 12.3. The molecule has 0 bridgehead atoms. The number of aromatic nitrogens is 1. The van der Waals surface area contributed by atoms with Crippen molar-refractivity contribution in [2.24, 2.45) is 0 Å². The summed E-state index contributed by atoms with van der Waals surface area (Å²) in [4.78, 5) is 22.3. The Balaban J connectivity index is 2.11. The molecule has 0 saturated heterocycles. The van der Waals surface area contributed by atoms with E-state index in [0.717, 1.165) is 22.2 Å². The molecule has 0 amide bonds. The minimum Gasteiger partial charge on any atom is -0.427 e. The zero-order chi connectivity index (χ0) is 18.8. The van der Waals surface area contributed by atoms with E-state index in [4.69, 9.17) is 21.1 Å². The normalized spacial score (nSPS) is 10.8. The van der Waals surface area contributed by atoms with E-state index in [0.29, 0.717) is 23.1 Å². The molecule has 3 rings (SSSR count). The van der Waals surface area contributed by atoms with Crippen molar-refractivity contribution in [1.29, 1.82) is 0 Å². The molecule has 0 saturated carbocycles. The number of rotatable bonds is 4. The van der Waals surface area contributed by atoms with Gasteiger partial charge in [0.1, 0.15) is 11.5 Å². The van der Waals surface area contributed by atoms with Crippen molar-refractivity contribution in [2.45, 2.75) is 27.3 Å². The van der Waals surface area contributed by atoms with E-state index >= 15 is 0 Å². The van der Waals surface area contributed by atoms with Crippen LogP contribution in [-0.4, -0.2) is 16.5 Å². The number of esters is 2. The van der Waals surface area contributed by atoms with Crippen molar-refractivity contribution >= 4 is 34.4 Å². The lowest BCUT2D eigenvalue weighted by Gasteiger charge is -2.10. The molecule has 0 aliphatic rings. The van der Waals surface area contributed by atoms with Crippen LogP contribution in [0.2, 0.25) is 5.02 Å². The number of ether oxygens (including phenoxy) is 2. The first kappa shape index (κ1) is 18.0. The molecule has 0 N–H and O–H groups in total. The van der Waals surface area contributed by atoms with Gasteiger partial charge in [-0.15, -0.1) is 0 Å². The summed E-state index contributed by atoms with van der Waals surface area (Å²) in [7, 11) is 0. The van der Waals surface area contributed by atoms with Gasteiger partial charge in [0.05, 0.1) is 16.2 Å². The second-order valence-electron chi connectivity index (χ2n) is 5.80. The smallest absolute Gasteiger partial charge is 0.308 e. The summed E-state index contributed by atoms with van der Waals surface area (Å²) in [5.41, 5.74) is 2.65. The zero-order valence-corrected chi connectivity index (χ0v) is 15.5. The number of carbonyl (C=O) groups excluding carboxylic acids is 2. The van der Waals surface area contributed by atoms with E-state index in [1.165, 1.54) is 13.8 Å². The highest BCUT2D eigenvalue weighted by molar-refractivity contribution is 6.38. The van der Waals surface area contributed by atoms with Crippen LogP contribution in [0, 0.1) is 0 Å². The van der Waals surface area contributed by atoms with Crippen LogP contribution < -0.4 is 9.47 Å². The molecule has 0 atom stereocenters. The van der Waals surface area contributed by atoms with Crippen molar-refractivity contribution in [3.8, 4) is 22.8 Å². The molecule has 0 radical (unpaired) electrons. The Morgan fingerprint density at radius 2 is 1.54 bits per heavy atom. The quantitative estimate of drug-likeness (QED) is 0.486. The van der Waals surface area contributed by atoms with Crippen molar-refractivity contribution < 1.29 is 19.1 Å². The summed E-state index contributed by atoms with van der Waals surface area (Å²) >= 11 is 6.64. The second kappa shape index (κ2) is 7.22. The zero-order valence-electron chi connectivity index (χ0n) is 14.7. The van der Waals surface area contributed by atoms with Crippen molar-refractivity contribution in [3.63, 3.8) is 0 Å². The number of carbonyl (C=O) groups is 2. The van der Waals surface area contributed by atoms with Gasteiger partial charge in [0.15, 0.2) is 0 Å². The number of fused-ring (bicyclic) bond motifs is 1. The lowest BCUT2D eigenvalue weighted by atomic mass is 10.1. The van der Waals surface area contributed by atoms with Crippen LogP contribution >= 0.6 is 11.6 Å². The van der Waals surface area contributed by atoms with Crippen LogP contribution in [0.3, 0.4) is 0 Å². The highest BCUT2D eigenvalue weighted by Crippen LogP contribution is 2.39. The summed E-state index contributed by atoms with van der Waals surface area (Å²) in [6.45, 7) is 5.44. The Labute approximate surface area is 156 Å². The molecule has 1 heterocycles. The topological polar surface area (TPSA) is 57.5 Å². The van der Waals surface area contributed by atoms with Gasteiger partial charge in [-0.25, -0.2) is 0 Å². The SMILES string of the molecule is CCn1c(-c2ccc(OC(C)=O)cc2)c(Cl)c2ccc(OC(C)=O)cc21. The molecule has 6 heteroatoms. The lowest BCUT2D eigenvalue weighted by Crippen LogP contribution is -2.02. The van der Waals surface area contributed by atoms with Crippen LogP contribution in [-0.2, 0) is 16.1 Å². The molecule has 0 fully saturated rings. The van der Waals surface area contributed by atoms with E-state index < -0.39 is 0 Å². The van der Waals surface area contributed by atoms with Crippen LogP contribution in [0.25, 0.3) is 22.2 Å². The largest absolute Gasteiger partial charge is 0.427 e. The molecule has 0 aliphatic heterocycles. The van der Waals surface area contributed by atoms with Gasteiger partial charge < -0.3 is 14.0 Å². The molecule has 2 aromatic carbocycles. The van der Waals surface area contributed by atoms with Gasteiger partial charge in [0, 0.05) is 31.8 Å². The lowest BCUT2D eigenvalue weighted by molar-refractivity contribution is -0.132. The fourth-order valence-corrected chi connectivity index (χ4v) is 3.35. The predicted octanol–water partition coefficient (Wildman–Crippen LogP) is 4.83. The Hall–Kier alpha value is -2.79. The summed E-state index contributed by atoms with van der Waals surface area (Å²) in [6, 6.07) is 12.6. The maximum absolute atomic E-state index is 11.2. The highest BCUT2D eigenvalue weighted by Gasteiger charge is 2.17. The van der Waals surface area contributed by atoms with Gasteiger partial charge in [-0.3, -0.25) is 9.59 Å². The Morgan fingerprint density at radius 1 is 0.962 bits per heavy atom. The van der Waals surface area contributed by atoms with Crippen LogP contribution in [0.4, 0.5) is 0 Å². The van der Waals surface area contributed by atoms with Gasteiger partial charge in [-0.1, -0.05) is 11.6 Å². The van der Waals surface area contributed by atoms with E-state index in [1.807, 2.05) is 31.2 Å². The van der Waals surface area contributed by atoms with Gasteiger partial charge in [-0.2, -0.15) is 0 Å². The fraction of sp³-hybridized carbons (Fsp3) is 0.200. The van der Waals surface area contributed by atoms with E-state index in [2.05, 4.69) is 4.57 Å². The van der Waals surface area contributed by atoms with Crippen LogP contribution in [0.15, 0.2) is 42.5 Å². The third-order valence-electron chi connectivity index (χ3n) is 3.94. The van der Waals surface area contributed by atoms with E-state index in [9.17, 15) is 9.59 Å². The molecule has 0 aliphatic carbocycles. The average molecular weight is 372 g/mol. The Bertz CT molecular complexity index is 989. The number of hydrogen-bond donors (Lipinski definition) is 0. The summed E-state index contributed by atoms with van der Waals surface area (Å²) in [6.07, 6.45) is 0. The summed E-state index contributed by atoms with van der Waals surface area (Å²) in [5, 5.41) is 1.50. The molecule has 3 aromatic rings. The standard InChI is InChI=1S/C20H18ClNO4/c1-4-22-18-11-16(26-13(3)24)9-10-17(18)19(21)20(22)14-5-7-15(8-6-14)25-12(2)23/h5-11H,4H2,1-3H3. The first-order chi connectivity index (χ1) is 12.4. The summed E-state index contributed by atoms with van der Waals surface area (Å²) in [5.74, 6) is 0.224. The van der Waals surface area contributed by atoms with E-state index in [1.54, 1.807) is 18.2 Å². The average Bonchev–Trinajstić information content (AvgIpc) is 2.86. The maximum Gasteiger partial charge on any atom is 0.308 e. The molecular formula is C20H18ClNO4.